The second-order valence-corrected chi connectivity index (χ2v) is 6.00. The average molecular weight is 368 g/mol. The van der Waals surface area contributed by atoms with Crippen LogP contribution in [0.4, 0.5) is 0 Å². The van der Waals surface area contributed by atoms with E-state index in [2.05, 4.69) is 4.98 Å². The maximum absolute atomic E-state index is 12.2. The van der Waals surface area contributed by atoms with Crippen LogP contribution in [0, 0.1) is 6.92 Å². The predicted molar refractivity (Wildman–Crippen MR) is 99.2 cm³/mol. The second kappa shape index (κ2) is 7.90. The summed E-state index contributed by atoms with van der Waals surface area (Å²) >= 11 is 0. The number of hydrogen-bond donors (Lipinski definition) is 0. The lowest BCUT2D eigenvalue weighted by molar-refractivity contribution is -0.144. The Bertz CT molecular complexity index is 1040. The minimum atomic E-state index is -0.422. The van der Waals surface area contributed by atoms with Crippen LogP contribution in [0.25, 0.3) is 5.65 Å². The Labute approximate surface area is 156 Å². The molecule has 2 aromatic heterocycles. The number of ether oxygens (including phenoxy) is 3. The molecule has 140 valence electrons. The van der Waals surface area contributed by atoms with Gasteiger partial charge in [-0.2, -0.15) is 0 Å². The molecule has 0 N–H and O–H groups in total. The van der Waals surface area contributed by atoms with Crippen LogP contribution in [0.1, 0.15) is 16.8 Å². The van der Waals surface area contributed by atoms with E-state index in [1.807, 2.05) is 13.0 Å². The highest BCUT2D eigenvalue weighted by atomic mass is 16.5. The Hall–Kier alpha value is -3.35. The first-order valence-corrected chi connectivity index (χ1v) is 8.36. The molecule has 0 atom stereocenters. The van der Waals surface area contributed by atoms with Crippen molar-refractivity contribution < 1.29 is 19.0 Å². The van der Waals surface area contributed by atoms with E-state index in [0.29, 0.717) is 22.8 Å². The van der Waals surface area contributed by atoms with Crippen molar-refractivity contribution in [3.63, 3.8) is 0 Å². The van der Waals surface area contributed by atoms with Gasteiger partial charge in [-0.3, -0.25) is 14.0 Å². The summed E-state index contributed by atoms with van der Waals surface area (Å²) in [7, 11) is 3.08. The van der Waals surface area contributed by atoms with Gasteiger partial charge in [0.25, 0.3) is 5.56 Å². The van der Waals surface area contributed by atoms with Crippen LogP contribution in [0.15, 0.2) is 47.4 Å². The van der Waals surface area contributed by atoms with Gasteiger partial charge in [-0.15, -0.1) is 0 Å². The molecular weight excluding hydrogens is 348 g/mol. The molecule has 3 rings (SSSR count). The van der Waals surface area contributed by atoms with Crippen LogP contribution in [-0.4, -0.2) is 29.6 Å². The van der Waals surface area contributed by atoms with Crippen molar-refractivity contribution in [2.24, 2.45) is 0 Å². The predicted octanol–water partition coefficient (Wildman–Crippen LogP) is 2.31. The number of esters is 1. The average Bonchev–Trinajstić information content (AvgIpc) is 2.67. The van der Waals surface area contributed by atoms with Gasteiger partial charge in [-0.05, 0) is 36.2 Å². The van der Waals surface area contributed by atoms with Crippen molar-refractivity contribution in [1.29, 1.82) is 0 Å². The molecule has 0 saturated heterocycles. The van der Waals surface area contributed by atoms with Gasteiger partial charge in [0.2, 0.25) is 0 Å². The van der Waals surface area contributed by atoms with Gasteiger partial charge in [-0.1, -0.05) is 12.1 Å². The number of methoxy groups -OCH3 is 2. The number of carbonyl (C=O) groups is 1. The van der Waals surface area contributed by atoms with Crippen molar-refractivity contribution in [3.05, 3.63) is 69.8 Å². The minimum Gasteiger partial charge on any atom is -0.493 e. The van der Waals surface area contributed by atoms with Gasteiger partial charge < -0.3 is 14.2 Å². The molecule has 0 saturated carbocycles. The molecule has 0 unspecified atom stereocenters. The number of nitrogens with zero attached hydrogens (tertiary/aromatic N) is 2. The van der Waals surface area contributed by atoms with Crippen molar-refractivity contribution >= 4 is 11.6 Å². The molecule has 7 nitrogen and oxygen atoms in total. The van der Waals surface area contributed by atoms with Gasteiger partial charge in [0.1, 0.15) is 12.3 Å². The van der Waals surface area contributed by atoms with E-state index in [-0.39, 0.29) is 18.6 Å². The first-order chi connectivity index (χ1) is 13.0. The van der Waals surface area contributed by atoms with E-state index >= 15 is 0 Å². The molecule has 0 amide bonds. The van der Waals surface area contributed by atoms with Crippen LogP contribution in [0.5, 0.6) is 11.5 Å². The molecule has 2 heterocycles. The molecule has 0 spiro atoms. The lowest BCUT2D eigenvalue weighted by atomic mass is 10.1. The molecule has 0 aliphatic carbocycles. The van der Waals surface area contributed by atoms with Crippen LogP contribution in [-0.2, 0) is 22.6 Å². The van der Waals surface area contributed by atoms with Gasteiger partial charge in [0.15, 0.2) is 11.5 Å². The zero-order valence-electron chi connectivity index (χ0n) is 15.4. The Morgan fingerprint density at radius 3 is 2.63 bits per heavy atom. The number of benzene rings is 1. The molecule has 3 aromatic rings. The van der Waals surface area contributed by atoms with Crippen molar-refractivity contribution in [3.8, 4) is 11.5 Å². The van der Waals surface area contributed by atoms with Crippen LogP contribution in [0.3, 0.4) is 0 Å². The molecular formula is C20H20N2O5. The SMILES string of the molecule is COc1ccc(CC(=O)OCc2cc(=O)n3cccc(C)c3n2)cc1OC. The fraction of sp³-hybridized carbons (Fsp3) is 0.250. The maximum atomic E-state index is 12.2. The number of hydrogen-bond acceptors (Lipinski definition) is 6. The monoisotopic (exact) mass is 368 g/mol. The van der Waals surface area contributed by atoms with Gasteiger partial charge in [0.05, 0.1) is 26.3 Å². The zero-order chi connectivity index (χ0) is 19.4. The lowest BCUT2D eigenvalue weighted by Gasteiger charge is -2.10. The van der Waals surface area contributed by atoms with Crippen LogP contribution < -0.4 is 15.0 Å². The van der Waals surface area contributed by atoms with E-state index in [1.54, 1.807) is 37.6 Å². The highest BCUT2D eigenvalue weighted by Gasteiger charge is 2.11. The normalized spacial score (nSPS) is 10.6. The molecule has 0 aliphatic rings. The zero-order valence-corrected chi connectivity index (χ0v) is 15.4. The third kappa shape index (κ3) is 4.08. The topological polar surface area (TPSA) is 79.1 Å². The number of aryl methyl sites for hydroxylation is 1. The van der Waals surface area contributed by atoms with Gasteiger partial charge in [-0.25, -0.2) is 4.98 Å². The third-order valence-electron chi connectivity index (χ3n) is 4.12. The Morgan fingerprint density at radius 1 is 1.11 bits per heavy atom. The first-order valence-electron chi connectivity index (χ1n) is 8.36. The lowest BCUT2D eigenvalue weighted by Crippen LogP contribution is -2.17. The Morgan fingerprint density at radius 2 is 1.89 bits per heavy atom. The van der Waals surface area contributed by atoms with Gasteiger partial charge >= 0.3 is 5.97 Å². The summed E-state index contributed by atoms with van der Waals surface area (Å²) in [5.74, 6) is 0.710. The summed E-state index contributed by atoms with van der Waals surface area (Å²) < 4.78 is 17.2. The van der Waals surface area contributed by atoms with Crippen molar-refractivity contribution in [1.82, 2.24) is 9.38 Å². The van der Waals surface area contributed by atoms with Crippen molar-refractivity contribution in [2.45, 2.75) is 20.0 Å². The smallest absolute Gasteiger partial charge is 0.310 e. The number of pyridine rings is 1. The summed E-state index contributed by atoms with van der Waals surface area (Å²) in [6, 6.07) is 10.3. The maximum Gasteiger partial charge on any atom is 0.310 e. The minimum absolute atomic E-state index is 0.0633. The third-order valence-corrected chi connectivity index (χ3v) is 4.12. The molecule has 0 aliphatic heterocycles. The molecule has 0 bridgehead atoms. The number of aromatic nitrogens is 2. The van der Waals surface area contributed by atoms with Gasteiger partial charge in [0, 0.05) is 12.3 Å². The Kier molecular flexibility index (Phi) is 5.40. The summed E-state index contributed by atoms with van der Waals surface area (Å²) in [5, 5.41) is 0. The summed E-state index contributed by atoms with van der Waals surface area (Å²) in [6.45, 7) is 1.81. The number of carbonyl (C=O) groups excluding carboxylic acids is 1. The molecule has 27 heavy (non-hydrogen) atoms. The summed E-state index contributed by atoms with van der Waals surface area (Å²) in [4.78, 5) is 28.7. The highest BCUT2D eigenvalue weighted by Crippen LogP contribution is 2.27. The Balaban J connectivity index is 1.70. The largest absolute Gasteiger partial charge is 0.493 e. The van der Waals surface area contributed by atoms with E-state index < -0.39 is 5.97 Å². The quantitative estimate of drug-likeness (QED) is 0.621. The molecule has 0 fully saturated rings. The number of rotatable bonds is 6. The first kappa shape index (κ1) is 18.4. The summed E-state index contributed by atoms with van der Waals surface area (Å²) in [6.07, 6.45) is 1.73. The molecule has 1 aromatic carbocycles. The summed E-state index contributed by atoms with van der Waals surface area (Å²) in [5.41, 5.74) is 2.36. The second-order valence-electron chi connectivity index (χ2n) is 6.00. The fourth-order valence-electron chi connectivity index (χ4n) is 2.75. The van der Waals surface area contributed by atoms with E-state index in [9.17, 15) is 9.59 Å². The molecule has 7 heteroatoms. The van der Waals surface area contributed by atoms with Crippen LogP contribution in [0.2, 0.25) is 0 Å². The van der Waals surface area contributed by atoms with E-state index in [1.165, 1.54) is 17.6 Å². The highest BCUT2D eigenvalue weighted by molar-refractivity contribution is 5.73. The molecule has 0 radical (unpaired) electrons. The van der Waals surface area contributed by atoms with E-state index in [0.717, 1.165) is 11.1 Å². The standard InChI is InChI=1S/C20H20N2O5/c1-13-5-4-8-22-18(23)11-15(21-20(13)22)12-27-19(24)10-14-6-7-16(25-2)17(9-14)26-3/h4-9,11H,10,12H2,1-3H3. The fourth-order valence-corrected chi connectivity index (χ4v) is 2.75. The van der Waals surface area contributed by atoms with Crippen molar-refractivity contribution in [2.75, 3.05) is 14.2 Å². The van der Waals surface area contributed by atoms with Crippen LogP contribution >= 0.6 is 0 Å². The van der Waals surface area contributed by atoms with E-state index in [4.69, 9.17) is 14.2 Å². The number of fused-ring (bicyclic) bond motifs is 1.